The molecule has 0 aliphatic heterocycles. The highest BCUT2D eigenvalue weighted by atomic mass is 35.5. The van der Waals surface area contributed by atoms with E-state index in [-0.39, 0.29) is 5.97 Å². The van der Waals surface area contributed by atoms with Gasteiger partial charge in [-0.25, -0.2) is 4.79 Å². The van der Waals surface area contributed by atoms with E-state index in [0.717, 1.165) is 35.0 Å². The van der Waals surface area contributed by atoms with Gasteiger partial charge in [-0.05, 0) is 54.5 Å². The SMILES string of the molecule is COC(=O)C=Cc1ccc(OCCCN(C)c2ccc(Cl)cc2)cc1. The van der Waals surface area contributed by atoms with Crippen LogP contribution >= 0.6 is 11.6 Å². The number of halogens is 1. The Morgan fingerprint density at radius 1 is 1.12 bits per heavy atom. The van der Waals surface area contributed by atoms with Crippen LogP contribution < -0.4 is 9.64 Å². The maximum absolute atomic E-state index is 11.1. The summed E-state index contributed by atoms with van der Waals surface area (Å²) in [5.74, 6) is 0.439. The average molecular weight is 360 g/mol. The smallest absolute Gasteiger partial charge is 0.330 e. The van der Waals surface area contributed by atoms with Crippen LogP contribution in [0.4, 0.5) is 5.69 Å². The first-order valence-electron chi connectivity index (χ1n) is 8.04. The summed E-state index contributed by atoms with van der Waals surface area (Å²) in [6, 6.07) is 15.4. The van der Waals surface area contributed by atoms with E-state index in [1.807, 2.05) is 55.6 Å². The molecule has 0 fully saturated rings. The van der Waals surface area contributed by atoms with Crippen LogP contribution in [0.25, 0.3) is 6.08 Å². The second-order valence-electron chi connectivity index (χ2n) is 5.53. The minimum absolute atomic E-state index is 0.370. The van der Waals surface area contributed by atoms with Gasteiger partial charge in [-0.1, -0.05) is 23.7 Å². The third-order valence-electron chi connectivity index (χ3n) is 3.67. The van der Waals surface area contributed by atoms with Crippen molar-refractivity contribution >= 4 is 29.3 Å². The van der Waals surface area contributed by atoms with Crippen molar-refractivity contribution in [1.82, 2.24) is 0 Å². The van der Waals surface area contributed by atoms with Crippen LogP contribution in [0.2, 0.25) is 5.02 Å². The molecule has 2 aromatic carbocycles. The number of methoxy groups -OCH3 is 1. The molecule has 0 saturated carbocycles. The summed E-state index contributed by atoms with van der Waals surface area (Å²) in [6.45, 7) is 1.52. The highest BCUT2D eigenvalue weighted by Gasteiger charge is 2.01. The van der Waals surface area contributed by atoms with Gasteiger partial charge in [0.15, 0.2) is 0 Å². The monoisotopic (exact) mass is 359 g/mol. The maximum atomic E-state index is 11.1. The predicted octanol–water partition coefficient (Wildman–Crippen LogP) is 4.43. The summed E-state index contributed by atoms with van der Waals surface area (Å²) >= 11 is 5.90. The molecule has 0 aromatic heterocycles. The summed E-state index contributed by atoms with van der Waals surface area (Å²) in [7, 11) is 3.40. The molecule has 5 heteroatoms. The lowest BCUT2D eigenvalue weighted by atomic mass is 10.2. The minimum atomic E-state index is -0.370. The van der Waals surface area contributed by atoms with Gasteiger partial charge in [0.25, 0.3) is 0 Å². The lowest BCUT2D eigenvalue weighted by Crippen LogP contribution is -2.20. The Kier molecular flexibility index (Phi) is 7.36. The highest BCUT2D eigenvalue weighted by molar-refractivity contribution is 6.30. The predicted molar refractivity (Wildman–Crippen MR) is 102 cm³/mol. The third kappa shape index (κ3) is 6.51. The van der Waals surface area contributed by atoms with E-state index in [0.29, 0.717) is 6.61 Å². The van der Waals surface area contributed by atoms with Gasteiger partial charge in [-0.2, -0.15) is 0 Å². The molecule has 25 heavy (non-hydrogen) atoms. The summed E-state index contributed by atoms with van der Waals surface area (Å²) < 4.78 is 10.3. The molecule has 0 heterocycles. The zero-order valence-electron chi connectivity index (χ0n) is 14.4. The zero-order valence-corrected chi connectivity index (χ0v) is 15.2. The number of carbonyl (C=O) groups excluding carboxylic acids is 1. The largest absolute Gasteiger partial charge is 0.494 e. The molecule has 0 N–H and O–H groups in total. The quantitative estimate of drug-likeness (QED) is 0.397. The van der Waals surface area contributed by atoms with Crippen LogP contribution in [0.15, 0.2) is 54.6 Å². The molecular weight excluding hydrogens is 338 g/mol. The summed E-state index contributed by atoms with van der Waals surface area (Å²) in [5, 5.41) is 0.741. The summed E-state index contributed by atoms with van der Waals surface area (Å²) in [6.07, 6.45) is 4.00. The van der Waals surface area contributed by atoms with Crippen molar-refractivity contribution in [2.24, 2.45) is 0 Å². The van der Waals surface area contributed by atoms with E-state index < -0.39 is 0 Å². The van der Waals surface area contributed by atoms with Crippen LogP contribution in [-0.4, -0.2) is 33.3 Å². The summed E-state index contributed by atoms with van der Waals surface area (Å²) in [4.78, 5) is 13.2. The number of esters is 1. The van der Waals surface area contributed by atoms with E-state index in [4.69, 9.17) is 16.3 Å². The number of carbonyl (C=O) groups is 1. The Balaban J connectivity index is 1.73. The first-order valence-corrected chi connectivity index (χ1v) is 8.42. The second kappa shape index (κ2) is 9.74. The van der Waals surface area contributed by atoms with Crippen molar-refractivity contribution in [2.45, 2.75) is 6.42 Å². The topological polar surface area (TPSA) is 38.8 Å². The van der Waals surface area contributed by atoms with Crippen molar-refractivity contribution < 1.29 is 14.3 Å². The molecule has 132 valence electrons. The van der Waals surface area contributed by atoms with Crippen LogP contribution in [0, 0.1) is 0 Å². The lowest BCUT2D eigenvalue weighted by Gasteiger charge is -2.19. The fraction of sp³-hybridized carbons (Fsp3) is 0.250. The second-order valence-corrected chi connectivity index (χ2v) is 5.96. The van der Waals surface area contributed by atoms with Gasteiger partial charge in [0.1, 0.15) is 5.75 Å². The fourth-order valence-electron chi connectivity index (χ4n) is 2.22. The summed E-state index contributed by atoms with van der Waals surface area (Å²) in [5.41, 5.74) is 2.05. The van der Waals surface area contributed by atoms with Crippen LogP contribution in [0.5, 0.6) is 5.75 Å². The Labute approximate surface area is 153 Å². The van der Waals surface area contributed by atoms with Gasteiger partial charge in [-0.15, -0.1) is 0 Å². The molecule has 4 nitrogen and oxygen atoms in total. The van der Waals surface area contributed by atoms with Gasteiger partial charge in [0, 0.05) is 30.4 Å². The first kappa shape index (κ1) is 18.9. The van der Waals surface area contributed by atoms with Gasteiger partial charge in [0.2, 0.25) is 0 Å². The van der Waals surface area contributed by atoms with Crippen molar-refractivity contribution in [3.63, 3.8) is 0 Å². The number of anilines is 1. The third-order valence-corrected chi connectivity index (χ3v) is 3.92. The van der Waals surface area contributed by atoms with Gasteiger partial charge in [0.05, 0.1) is 13.7 Å². The number of hydrogen-bond donors (Lipinski definition) is 0. The molecule has 0 saturated heterocycles. The van der Waals surface area contributed by atoms with Gasteiger partial charge < -0.3 is 14.4 Å². The van der Waals surface area contributed by atoms with E-state index in [9.17, 15) is 4.79 Å². The number of benzene rings is 2. The van der Waals surface area contributed by atoms with Gasteiger partial charge >= 0.3 is 5.97 Å². The Morgan fingerprint density at radius 2 is 1.80 bits per heavy atom. The van der Waals surface area contributed by atoms with Crippen molar-refractivity contribution in [1.29, 1.82) is 0 Å². The Bertz CT molecular complexity index is 696. The molecule has 0 atom stereocenters. The van der Waals surface area contributed by atoms with E-state index in [1.165, 1.54) is 13.2 Å². The number of hydrogen-bond acceptors (Lipinski definition) is 4. The Morgan fingerprint density at radius 3 is 2.44 bits per heavy atom. The molecule has 0 amide bonds. The minimum Gasteiger partial charge on any atom is -0.494 e. The first-order chi connectivity index (χ1) is 12.1. The van der Waals surface area contributed by atoms with Gasteiger partial charge in [-0.3, -0.25) is 0 Å². The Hall–Kier alpha value is -2.46. The maximum Gasteiger partial charge on any atom is 0.330 e. The molecule has 0 spiro atoms. The van der Waals surface area contributed by atoms with Crippen molar-refractivity contribution in [3.8, 4) is 5.75 Å². The molecule has 2 rings (SSSR count). The molecule has 0 aliphatic rings. The lowest BCUT2D eigenvalue weighted by molar-refractivity contribution is -0.134. The van der Waals surface area contributed by atoms with E-state index in [2.05, 4.69) is 9.64 Å². The number of nitrogens with zero attached hydrogens (tertiary/aromatic N) is 1. The fourth-order valence-corrected chi connectivity index (χ4v) is 2.35. The average Bonchev–Trinajstić information content (AvgIpc) is 2.64. The normalized spacial score (nSPS) is 10.7. The number of ether oxygens (including phenoxy) is 2. The van der Waals surface area contributed by atoms with E-state index in [1.54, 1.807) is 6.08 Å². The van der Waals surface area contributed by atoms with Crippen LogP contribution in [-0.2, 0) is 9.53 Å². The van der Waals surface area contributed by atoms with Crippen molar-refractivity contribution in [2.75, 3.05) is 32.2 Å². The van der Waals surface area contributed by atoms with Crippen LogP contribution in [0.3, 0.4) is 0 Å². The molecule has 0 aliphatic carbocycles. The molecule has 0 radical (unpaired) electrons. The van der Waals surface area contributed by atoms with Crippen molar-refractivity contribution in [3.05, 3.63) is 65.2 Å². The zero-order chi connectivity index (χ0) is 18.1. The molecule has 0 bridgehead atoms. The number of rotatable bonds is 8. The van der Waals surface area contributed by atoms with Crippen LogP contribution in [0.1, 0.15) is 12.0 Å². The molecule has 0 unspecified atom stereocenters. The highest BCUT2D eigenvalue weighted by Crippen LogP contribution is 2.17. The van der Waals surface area contributed by atoms with E-state index >= 15 is 0 Å². The molecule has 2 aromatic rings. The molecular formula is C20H22ClNO3. The standard InChI is InChI=1S/C20H22ClNO3/c1-22(18-9-7-17(21)8-10-18)14-3-15-25-19-11-4-16(5-12-19)6-13-20(23)24-2/h4-13H,3,14-15H2,1-2H3.